The van der Waals surface area contributed by atoms with Crippen LogP contribution in [-0.2, 0) is 11.3 Å². The molecule has 7 heteroatoms. The molecule has 0 saturated carbocycles. The van der Waals surface area contributed by atoms with Crippen LogP contribution < -0.4 is 15.6 Å². The monoisotopic (exact) mass is 441 g/mol. The zero-order valence-electron chi connectivity index (χ0n) is 15.6. The highest BCUT2D eigenvalue weighted by molar-refractivity contribution is 9.10. The number of halogens is 1. The standard InChI is InChI=1S/C21H20BrN3O3/c1-3-28-17-7-4-15(5-8-17)19-10-11-21(27)25(24-19)13-20(26)23-16-6-9-18(22)14(2)12-16/h4-12H,3,13H2,1-2H3,(H,23,26). The van der Waals surface area contributed by atoms with Gasteiger partial charge in [0.2, 0.25) is 5.91 Å². The van der Waals surface area contributed by atoms with E-state index in [1.54, 1.807) is 12.1 Å². The van der Waals surface area contributed by atoms with Crippen molar-refractivity contribution in [3.8, 4) is 17.0 Å². The third-order valence-electron chi connectivity index (χ3n) is 4.06. The van der Waals surface area contributed by atoms with Gasteiger partial charge in [-0.15, -0.1) is 0 Å². The van der Waals surface area contributed by atoms with Crippen LogP contribution in [0.4, 0.5) is 5.69 Å². The molecular weight excluding hydrogens is 422 g/mol. The Balaban J connectivity index is 1.76. The van der Waals surface area contributed by atoms with Crippen molar-refractivity contribution in [2.24, 2.45) is 0 Å². The average Bonchev–Trinajstić information content (AvgIpc) is 2.67. The molecule has 2 aromatic carbocycles. The Bertz CT molecular complexity index is 1050. The first-order chi connectivity index (χ1) is 13.5. The molecule has 3 rings (SSSR count). The molecule has 6 nitrogen and oxygen atoms in total. The largest absolute Gasteiger partial charge is 0.494 e. The second kappa shape index (κ2) is 8.84. The molecule has 0 aliphatic rings. The SMILES string of the molecule is CCOc1ccc(-c2ccc(=O)n(CC(=O)Nc3ccc(Br)c(C)c3)n2)cc1. The zero-order valence-corrected chi connectivity index (χ0v) is 17.2. The Morgan fingerprint density at radius 3 is 2.57 bits per heavy atom. The fourth-order valence-electron chi connectivity index (χ4n) is 2.66. The van der Waals surface area contributed by atoms with Gasteiger partial charge in [0.25, 0.3) is 5.56 Å². The fraction of sp³-hybridized carbons (Fsp3) is 0.190. The molecule has 0 spiro atoms. The first-order valence-corrected chi connectivity index (χ1v) is 9.63. The van der Waals surface area contributed by atoms with Crippen molar-refractivity contribution < 1.29 is 9.53 Å². The molecule has 1 aromatic heterocycles. The lowest BCUT2D eigenvalue weighted by Gasteiger charge is -2.10. The van der Waals surface area contributed by atoms with E-state index in [1.165, 1.54) is 6.07 Å². The molecule has 144 valence electrons. The van der Waals surface area contributed by atoms with Crippen molar-refractivity contribution in [2.45, 2.75) is 20.4 Å². The summed E-state index contributed by atoms with van der Waals surface area (Å²) in [5, 5.41) is 7.12. The first-order valence-electron chi connectivity index (χ1n) is 8.83. The topological polar surface area (TPSA) is 73.2 Å². The molecule has 3 aromatic rings. The van der Waals surface area contributed by atoms with Gasteiger partial charge < -0.3 is 10.1 Å². The van der Waals surface area contributed by atoms with Gasteiger partial charge in [-0.25, -0.2) is 4.68 Å². The van der Waals surface area contributed by atoms with E-state index < -0.39 is 0 Å². The van der Waals surface area contributed by atoms with Crippen molar-refractivity contribution in [3.05, 3.63) is 75.0 Å². The van der Waals surface area contributed by atoms with E-state index in [2.05, 4.69) is 26.3 Å². The zero-order chi connectivity index (χ0) is 20.1. The predicted octanol–water partition coefficient (Wildman–Crippen LogP) is 4.02. The van der Waals surface area contributed by atoms with Crippen LogP contribution in [0.2, 0.25) is 0 Å². The van der Waals surface area contributed by atoms with Crippen molar-refractivity contribution >= 4 is 27.5 Å². The molecule has 1 N–H and O–H groups in total. The normalized spacial score (nSPS) is 10.5. The van der Waals surface area contributed by atoms with Crippen molar-refractivity contribution in [2.75, 3.05) is 11.9 Å². The summed E-state index contributed by atoms with van der Waals surface area (Å²) in [6.45, 7) is 4.28. The maximum absolute atomic E-state index is 12.4. The second-order valence-electron chi connectivity index (χ2n) is 6.18. The van der Waals surface area contributed by atoms with Crippen molar-refractivity contribution in [3.63, 3.8) is 0 Å². The summed E-state index contributed by atoms with van der Waals surface area (Å²) in [5.74, 6) is 0.448. The highest BCUT2D eigenvalue weighted by Crippen LogP contribution is 2.21. The predicted molar refractivity (Wildman–Crippen MR) is 113 cm³/mol. The summed E-state index contributed by atoms with van der Waals surface area (Å²) in [6, 6.07) is 16.0. The summed E-state index contributed by atoms with van der Waals surface area (Å²) in [7, 11) is 0. The van der Waals surface area contributed by atoms with Gasteiger partial charge in [-0.3, -0.25) is 9.59 Å². The molecular formula is C21H20BrN3O3. The van der Waals surface area contributed by atoms with Gasteiger partial charge in [0.1, 0.15) is 12.3 Å². The minimum Gasteiger partial charge on any atom is -0.494 e. The Morgan fingerprint density at radius 2 is 1.89 bits per heavy atom. The summed E-state index contributed by atoms with van der Waals surface area (Å²) in [4.78, 5) is 24.5. The second-order valence-corrected chi connectivity index (χ2v) is 7.04. The van der Waals surface area contributed by atoms with Crippen LogP contribution in [0.25, 0.3) is 11.3 Å². The van der Waals surface area contributed by atoms with Crippen LogP contribution >= 0.6 is 15.9 Å². The van der Waals surface area contributed by atoms with Gasteiger partial charge in [-0.1, -0.05) is 15.9 Å². The number of anilines is 1. The van der Waals surface area contributed by atoms with Crippen LogP contribution in [0, 0.1) is 6.92 Å². The van der Waals surface area contributed by atoms with E-state index >= 15 is 0 Å². The number of hydrogen-bond acceptors (Lipinski definition) is 4. The third-order valence-corrected chi connectivity index (χ3v) is 4.95. The number of benzene rings is 2. The van der Waals surface area contributed by atoms with Gasteiger partial charge in [0.05, 0.1) is 12.3 Å². The minimum absolute atomic E-state index is 0.168. The van der Waals surface area contributed by atoms with E-state index in [0.29, 0.717) is 18.0 Å². The van der Waals surface area contributed by atoms with Crippen molar-refractivity contribution in [1.29, 1.82) is 0 Å². The third kappa shape index (κ3) is 4.86. The van der Waals surface area contributed by atoms with Gasteiger partial charge in [-0.05, 0) is 67.9 Å². The molecule has 0 aliphatic carbocycles. The fourth-order valence-corrected chi connectivity index (χ4v) is 2.91. The summed E-state index contributed by atoms with van der Waals surface area (Å²) in [5.41, 5.74) is 2.78. The number of nitrogens with one attached hydrogen (secondary N) is 1. The highest BCUT2D eigenvalue weighted by atomic mass is 79.9. The molecule has 1 amide bonds. The lowest BCUT2D eigenvalue weighted by atomic mass is 10.1. The number of rotatable bonds is 6. The molecule has 0 saturated heterocycles. The van der Waals surface area contributed by atoms with Crippen LogP contribution in [0.3, 0.4) is 0 Å². The number of ether oxygens (including phenoxy) is 1. The molecule has 0 unspecified atom stereocenters. The van der Waals surface area contributed by atoms with Gasteiger partial charge in [0.15, 0.2) is 0 Å². The molecule has 0 fully saturated rings. The Hall–Kier alpha value is -2.93. The number of aromatic nitrogens is 2. The molecule has 28 heavy (non-hydrogen) atoms. The average molecular weight is 442 g/mol. The van der Waals surface area contributed by atoms with Crippen molar-refractivity contribution in [1.82, 2.24) is 9.78 Å². The lowest BCUT2D eigenvalue weighted by molar-refractivity contribution is -0.117. The smallest absolute Gasteiger partial charge is 0.267 e. The number of nitrogens with zero attached hydrogens (tertiary/aromatic N) is 2. The number of carbonyl (C=O) groups excluding carboxylic acids is 1. The molecule has 0 radical (unpaired) electrons. The minimum atomic E-state index is -0.336. The maximum Gasteiger partial charge on any atom is 0.267 e. The number of hydrogen-bond donors (Lipinski definition) is 1. The molecule has 0 atom stereocenters. The van der Waals surface area contributed by atoms with Gasteiger partial charge in [-0.2, -0.15) is 5.10 Å². The van der Waals surface area contributed by atoms with E-state index in [1.807, 2.05) is 50.2 Å². The molecule has 1 heterocycles. The molecule has 0 aliphatic heterocycles. The summed E-state index contributed by atoms with van der Waals surface area (Å²) >= 11 is 3.43. The van der Waals surface area contributed by atoms with Gasteiger partial charge in [0, 0.05) is 21.8 Å². The van der Waals surface area contributed by atoms with E-state index in [9.17, 15) is 9.59 Å². The van der Waals surface area contributed by atoms with E-state index in [-0.39, 0.29) is 18.0 Å². The van der Waals surface area contributed by atoms with Gasteiger partial charge >= 0.3 is 0 Å². The number of carbonyl (C=O) groups is 1. The Labute approximate surface area is 171 Å². The highest BCUT2D eigenvalue weighted by Gasteiger charge is 2.09. The van der Waals surface area contributed by atoms with Crippen LogP contribution in [0.1, 0.15) is 12.5 Å². The molecule has 0 bridgehead atoms. The summed E-state index contributed by atoms with van der Waals surface area (Å²) < 4.78 is 7.56. The lowest BCUT2D eigenvalue weighted by Crippen LogP contribution is -2.29. The summed E-state index contributed by atoms with van der Waals surface area (Å²) in [6.07, 6.45) is 0. The van der Waals surface area contributed by atoms with Crippen LogP contribution in [0.5, 0.6) is 5.75 Å². The Morgan fingerprint density at radius 1 is 1.14 bits per heavy atom. The quantitative estimate of drug-likeness (QED) is 0.626. The van der Waals surface area contributed by atoms with E-state index in [0.717, 1.165) is 26.0 Å². The van der Waals surface area contributed by atoms with E-state index in [4.69, 9.17) is 4.74 Å². The first kappa shape index (κ1) is 19.8. The van der Waals surface area contributed by atoms with Crippen LogP contribution in [-0.4, -0.2) is 22.3 Å². The number of aryl methyl sites for hydroxylation is 1. The van der Waals surface area contributed by atoms with Crippen LogP contribution in [0.15, 0.2) is 63.9 Å². The maximum atomic E-state index is 12.4. The Kier molecular flexibility index (Phi) is 6.26. The number of amides is 1.